The lowest BCUT2D eigenvalue weighted by molar-refractivity contribution is 0.242. The fourth-order valence-corrected chi connectivity index (χ4v) is 4.21. The number of benzene rings is 3. The first-order valence-corrected chi connectivity index (χ1v) is 11.1. The Bertz CT molecular complexity index is 1480. The van der Waals surface area contributed by atoms with Gasteiger partial charge in [-0.15, -0.1) is 0 Å². The van der Waals surface area contributed by atoms with Gasteiger partial charge in [0.25, 0.3) is 5.56 Å². The van der Waals surface area contributed by atoms with Gasteiger partial charge in [0.05, 0.1) is 22.6 Å². The summed E-state index contributed by atoms with van der Waals surface area (Å²) < 4.78 is 13.9. The Labute approximate surface area is 192 Å². The summed E-state index contributed by atoms with van der Waals surface area (Å²) in [5.41, 5.74) is 4.14. The molecule has 33 heavy (non-hydrogen) atoms. The highest BCUT2D eigenvalue weighted by atomic mass is 16.5. The third kappa shape index (κ3) is 3.87. The molecule has 2 aromatic heterocycles. The van der Waals surface area contributed by atoms with E-state index in [0.717, 1.165) is 33.3 Å². The van der Waals surface area contributed by atoms with Gasteiger partial charge in [-0.05, 0) is 49.2 Å². The molecule has 0 aliphatic rings. The molecule has 0 saturated carbocycles. The van der Waals surface area contributed by atoms with E-state index in [4.69, 9.17) is 9.15 Å². The summed E-state index contributed by atoms with van der Waals surface area (Å²) in [5, 5.41) is 4.91. The molecule has 5 nitrogen and oxygen atoms in total. The molecular weight excluding hydrogens is 412 g/mol. The number of anilines is 1. The van der Waals surface area contributed by atoms with Crippen LogP contribution in [-0.4, -0.2) is 10.7 Å². The van der Waals surface area contributed by atoms with Gasteiger partial charge in [0.2, 0.25) is 5.88 Å². The fraction of sp³-hybridized carbons (Fsp3) is 0.179. The van der Waals surface area contributed by atoms with Crippen LogP contribution in [0.1, 0.15) is 19.4 Å². The van der Waals surface area contributed by atoms with E-state index in [1.54, 1.807) is 11.6 Å². The maximum Gasteiger partial charge on any atom is 0.262 e. The zero-order valence-electron chi connectivity index (χ0n) is 19.0. The molecule has 3 aromatic carbocycles. The quantitative estimate of drug-likeness (QED) is 0.336. The molecule has 0 spiro atoms. The first-order valence-electron chi connectivity index (χ1n) is 11.1. The van der Waals surface area contributed by atoms with Crippen molar-refractivity contribution >= 4 is 27.8 Å². The van der Waals surface area contributed by atoms with Crippen molar-refractivity contribution in [3.8, 4) is 16.9 Å². The number of aromatic nitrogens is 1. The molecule has 166 valence electrons. The molecule has 0 aliphatic carbocycles. The van der Waals surface area contributed by atoms with Gasteiger partial charge < -0.3 is 19.0 Å². The molecule has 0 saturated heterocycles. The lowest BCUT2D eigenvalue weighted by atomic mass is 10.0. The maximum atomic E-state index is 13.5. The molecule has 0 fully saturated rings. The summed E-state index contributed by atoms with van der Waals surface area (Å²) in [7, 11) is 1.80. The Morgan fingerprint density at radius 3 is 2.36 bits per heavy atom. The van der Waals surface area contributed by atoms with Gasteiger partial charge in [0.1, 0.15) is 5.75 Å². The summed E-state index contributed by atoms with van der Waals surface area (Å²) in [5.74, 6) is 1.37. The lowest BCUT2D eigenvalue weighted by Crippen LogP contribution is -2.17. The molecule has 5 aromatic rings. The third-order valence-corrected chi connectivity index (χ3v) is 5.75. The third-order valence-electron chi connectivity index (χ3n) is 5.75. The number of ether oxygens (including phenoxy) is 1. The highest BCUT2D eigenvalue weighted by Crippen LogP contribution is 2.40. The van der Waals surface area contributed by atoms with Crippen LogP contribution in [0.5, 0.6) is 5.75 Å². The standard InChI is InChI=1S/C28H26N2O3/c1-18(2)32-21-15-13-20(14-16-21)24-25-26(22-11-7-8-12-23(22)30(3)28(25)31)33-27(24)29-17-19-9-5-4-6-10-19/h4-16,18,29H,17H2,1-3H3. The van der Waals surface area contributed by atoms with Crippen molar-refractivity contribution in [1.29, 1.82) is 0 Å². The Morgan fingerprint density at radius 1 is 0.939 bits per heavy atom. The normalized spacial score (nSPS) is 11.4. The number of nitrogens with one attached hydrogen (secondary N) is 1. The van der Waals surface area contributed by atoms with E-state index in [1.165, 1.54) is 0 Å². The van der Waals surface area contributed by atoms with Gasteiger partial charge >= 0.3 is 0 Å². The van der Waals surface area contributed by atoms with Gasteiger partial charge in [-0.25, -0.2) is 0 Å². The molecule has 5 heteroatoms. The minimum atomic E-state index is -0.0854. The van der Waals surface area contributed by atoms with Crippen molar-refractivity contribution in [2.24, 2.45) is 7.05 Å². The number of fused-ring (bicyclic) bond motifs is 3. The predicted molar refractivity (Wildman–Crippen MR) is 134 cm³/mol. The summed E-state index contributed by atoms with van der Waals surface area (Å²) in [6.45, 7) is 4.58. The maximum absolute atomic E-state index is 13.5. The average Bonchev–Trinajstić information content (AvgIpc) is 3.22. The van der Waals surface area contributed by atoms with Crippen molar-refractivity contribution in [2.75, 3.05) is 5.32 Å². The summed E-state index contributed by atoms with van der Waals surface area (Å²) in [6.07, 6.45) is 0.0902. The first-order chi connectivity index (χ1) is 16.0. The molecule has 0 aliphatic heterocycles. The molecule has 5 rings (SSSR count). The minimum absolute atomic E-state index is 0.0854. The molecule has 0 unspecified atom stereocenters. The second kappa shape index (κ2) is 8.51. The number of rotatable bonds is 6. The molecule has 0 amide bonds. The molecule has 0 radical (unpaired) electrons. The van der Waals surface area contributed by atoms with Gasteiger partial charge in [0.15, 0.2) is 5.58 Å². The van der Waals surface area contributed by atoms with Crippen LogP contribution in [-0.2, 0) is 13.6 Å². The number of nitrogens with zero attached hydrogens (tertiary/aromatic N) is 1. The largest absolute Gasteiger partial charge is 0.491 e. The molecular formula is C28H26N2O3. The topological polar surface area (TPSA) is 56.4 Å². The van der Waals surface area contributed by atoms with Crippen LogP contribution in [0, 0.1) is 0 Å². The fourth-order valence-electron chi connectivity index (χ4n) is 4.21. The first kappa shape index (κ1) is 20.9. The SMILES string of the molecule is CC(C)Oc1ccc(-c2c(NCc3ccccc3)oc3c2c(=O)n(C)c2ccccc32)cc1. The Morgan fingerprint density at radius 2 is 1.64 bits per heavy atom. The van der Waals surface area contributed by atoms with E-state index in [2.05, 4.69) is 17.4 Å². The van der Waals surface area contributed by atoms with E-state index in [9.17, 15) is 4.79 Å². The van der Waals surface area contributed by atoms with Crippen LogP contribution < -0.4 is 15.6 Å². The van der Waals surface area contributed by atoms with E-state index >= 15 is 0 Å². The molecule has 0 bridgehead atoms. The van der Waals surface area contributed by atoms with Crippen LogP contribution in [0.2, 0.25) is 0 Å². The van der Waals surface area contributed by atoms with Crippen LogP contribution in [0.4, 0.5) is 5.88 Å². The van der Waals surface area contributed by atoms with Crippen LogP contribution in [0.15, 0.2) is 88.1 Å². The van der Waals surface area contributed by atoms with Crippen molar-refractivity contribution < 1.29 is 9.15 Å². The molecule has 1 N–H and O–H groups in total. The summed E-state index contributed by atoms with van der Waals surface area (Å²) >= 11 is 0. The lowest BCUT2D eigenvalue weighted by Gasteiger charge is -2.11. The van der Waals surface area contributed by atoms with Gasteiger partial charge in [-0.3, -0.25) is 4.79 Å². The molecule has 2 heterocycles. The predicted octanol–water partition coefficient (Wildman–Crippen LogP) is 6.35. The van der Waals surface area contributed by atoms with Gasteiger partial charge in [-0.1, -0.05) is 54.6 Å². The van der Waals surface area contributed by atoms with E-state index in [1.807, 2.05) is 80.6 Å². The Balaban J connectivity index is 1.71. The van der Waals surface area contributed by atoms with E-state index in [0.29, 0.717) is 23.4 Å². The minimum Gasteiger partial charge on any atom is -0.491 e. The van der Waals surface area contributed by atoms with E-state index in [-0.39, 0.29) is 11.7 Å². The second-order valence-corrected chi connectivity index (χ2v) is 8.42. The number of pyridine rings is 1. The van der Waals surface area contributed by atoms with Crippen molar-refractivity contribution in [2.45, 2.75) is 26.5 Å². The van der Waals surface area contributed by atoms with Gasteiger partial charge in [-0.2, -0.15) is 0 Å². The highest BCUT2D eigenvalue weighted by molar-refractivity contribution is 6.10. The second-order valence-electron chi connectivity index (χ2n) is 8.42. The summed E-state index contributed by atoms with van der Waals surface area (Å²) in [4.78, 5) is 13.5. The Kier molecular flexibility index (Phi) is 5.38. The number of aryl methyl sites for hydroxylation is 1. The van der Waals surface area contributed by atoms with Crippen molar-refractivity contribution in [3.05, 3.63) is 94.8 Å². The monoisotopic (exact) mass is 438 g/mol. The number of hydrogen-bond acceptors (Lipinski definition) is 4. The average molecular weight is 439 g/mol. The highest BCUT2D eigenvalue weighted by Gasteiger charge is 2.22. The Hall–Kier alpha value is -3.99. The van der Waals surface area contributed by atoms with Crippen molar-refractivity contribution in [3.63, 3.8) is 0 Å². The summed E-state index contributed by atoms with van der Waals surface area (Å²) in [6, 6.07) is 25.8. The smallest absolute Gasteiger partial charge is 0.262 e. The van der Waals surface area contributed by atoms with Crippen LogP contribution in [0.3, 0.4) is 0 Å². The number of para-hydroxylation sites is 1. The van der Waals surface area contributed by atoms with E-state index < -0.39 is 0 Å². The zero-order chi connectivity index (χ0) is 22.9. The number of furan rings is 1. The van der Waals surface area contributed by atoms with Crippen LogP contribution >= 0.6 is 0 Å². The van der Waals surface area contributed by atoms with Gasteiger partial charge in [0, 0.05) is 19.0 Å². The molecule has 0 atom stereocenters. The van der Waals surface area contributed by atoms with Crippen molar-refractivity contribution in [1.82, 2.24) is 4.57 Å². The van der Waals surface area contributed by atoms with Crippen LogP contribution in [0.25, 0.3) is 33.0 Å². The zero-order valence-corrected chi connectivity index (χ0v) is 19.0. The number of hydrogen-bond donors (Lipinski definition) is 1.